The highest BCUT2D eigenvalue weighted by atomic mass is 16.5. The molecule has 0 aliphatic carbocycles. The molecule has 3 aromatic rings. The van der Waals surface area contributed by atoms with Crippen molar-refractivity contribution in [2.24, 2.45) is 5.73 Å². The summed E-state index contributed by atoms with van der Waals surface area (Å²) in [5.74, 6) is -2.54. The van der Waals surface area contributed by atoms with E-state index in [4.69, 9.17) is 15.6 Å². The Hall–Kier alpha value is -4.93. The highest BCUT2D eigenvalue weighted by Crippen LogP contribution is 2.19. The maximum atomic E-state index is 12.8. The Balaban J connectivity index is 1.65. The van der Waals surface area contributed by atoms with Crippen LogP contribution in [0.2, 0.25) is 0 Å². The number of nitrogens with one attached hydrogen (secondary N) is 3. The third-order valence-electron chi connectivity index (χ3n) is 5.10. The number of carboxylic acid groups (broad SMARTS) is 1. The van der Waals surface area contributed by atoms with Gasteiger partial charge in [-0.1, -0.05) is 42.5 Å². The molecule has 0 saturated carbocycles. The predicted octanol–water partition coefficient (Wildman–Crippen LogP) is 2.24. The van der Waals surface area contributed by atoms with Gasteiger partial charge in [-0.3, -0.25) is 14.4 Å². The van der Waals surface area contributed by atoms with Gasteiger partial charge < -0.3 is 31.2 Å². The summed E-state index contributed by atoms with van der Waals surface area (Å²) in [4.78, 5) is 61.6. The number of H-pyrrole nitrogens is 1. The molecular formula is C25H24N4O7. The lowest BCUT2D eigenvalue weighted by Crippen LogP contribution is -2.44. The highest BCUT2D eigenvalue weighted by Gasteiger charge is 2.22. The Morgan fingerprint density at radius 1 is 0.972 bits per heavy atom. The lowest BCUT2D eigenvalue weighted by Gasteiger charge is -2.18. The summed E-state index contributed by atoms with van der Waals surface area (Å²) in [6, 6.07) is 16.9. The molecule has 1 atom stereocenters. The summed E-state index contributed by atoms with van der Waals surface area (Å²) in [5, 5.41) is 14.1. The molecule has 6 N–H and O–H groups in total. The average molecular weight is 492 g/mol. The Morgan fingerprint density at radius 2 is 1.67 bits per heavy atom. The molecule has 2 aromatic carbocycles. The number of primary amides is 1. The number of carbonyl (C=O) groups is 4. The quantitative estimate of drug-likeness (QED) is 0.288. The van der Waals surface area contributed by atoms with Gasteiger partial charge in [0.2, 0.25) is 11.8 Å². The fraction of sp³-hybridized carbons (Fsp3) is 0.160. The smallest absolute Gasteiger partial charge is 0.408 e. The van der Waals surface area contributed by atoms with Crippen molar-refractivity contribution < 1.29 is 29.0 Å². The van der Waals surface area contributed by atoms with Gasteiger partial charge in [-0.25, -0.2) is 9.59 Å². The molecule has 0 saturated heterocycles. The third-order valence-corrected chi connectivity index (χ3v) is 5.10. The Morgan fingerprint density at radius 3 is 2.28 bits per heavy atom. The minimum atomic E-state index is -1.33. The van der Waals surface area contributed by atoms with Crippen LogP contribution in [0.4, 0.5) is 10.5 Å². The van der Waals surface area contributed by atoms with E-state index in [9.17, 15) is 24.0 Å². The predicted molar refractivity (Wildman–Crippen MR) is 130 cm³/mol. The van der Waals surface area contributed by atoms with E-state index in [2.05, 4.69) is 15.6 Å². The lowest BCUT2D eigenvalue weighted by molar-refractivity contribution is -0.119. The molecule has 11 nitrogen and oxygen atoms in total. The van der Waals surface area contributed by atoms with Crippen LogP contribution in [0, 0.1) is 0 Å². The van der Waals surface area contributed by atoms with Crippen molar-refractivity contribution in [3.63, 3.8) is 0 Å². The van der Waals surface area contributed by atoms with Crippen molar-refractivity contribution in [1.29, 1.82) is 0 Å². The van der Waals surface area contributed by atoms with Gasteiger partial charge in [-0.2, -0.15) is 0 Å². The van der Waals surface area contributed by atoms with Crippen molar-refractivity contribution in [2.75, 3.05) is 5.32 Å². The topological polar surface area (TPSA) is 181 Å². The summed E-state index contributed by atoms with van der Waals surface area (Å²) in [6.45, 7) is 0.00777. The zero-order chi connectivity index (χ0) is 26.1. The summed E-state index contributed by atoms with van der Waals surface area (Å²) in [5.41, 5.74) is 6.21. The summed E-state index contributed by atoms with van der Waals surface area (Å²) in [6.07, 6.45) is -0.986. The number of aromatic nitrogens is 1. The minimum Gasteiger partial charge on any atom is -0.477 e. The highest BCUT2D eigenvalue weighted by molar-refractivity contribution is 5.97. The summed E-state index contributed by atoms with van der Waals surface area (Å²) in [7, 11) is 0. The minimum absolute atomic E-state index is 0.00777. The van der Waals surface area contributed by atoms with Gasteiger partial charge in [0.05, 0.1) is 0 Å². The number of aromatic amines is 1. The van der Waals surface area contributed by atoms with Crippen molar-refractivity contribution in [3.8, 4) is 11.3 Å². The number of carbonyl (C=O) groups excluding carboxylic acids is 3. The molecule has 0 fully saturated rings. The lowest BCUT2D eigenvalue weighted by atomic mass is 10.1. The molecular weight excluding hydrogens is 468 g/mol. The van der Waals surface area contributed by atoms with E-state index in [0.717, 1.165) is 5.56 Å². The molecule has 1 aromatic heterocycles. The van der Waals surface area contributed by atoms with E-state index in [0.29, 0.717) is 16.9 Å². The zero-order valence-corrected chi connectivity index (χ0v) is 19.0. The van der Waals surface area contributed by atoms with Crippen LogP contribution in [0.1, 0.15) is 28.8 Å². The Labute approximate surface area is 205 Å². The van der Waals surface area contributed by atoms with Gasteiger partial charge in [0.15, 0.2) is 0 Å². The van der Waals surface area contributed by atoms with E-state index >= 15 is 0 Å². The number of hydrogen-bond acceptors (Lipinski definition) is 6. The third kappa shape index (κ3) is 7.29. The molecule has 36 heavy (non-hydrogen) atoms. The van der Waals surface area contributed by atoms with Gasteiger partial charge in [0.25, 0.3) is 5.56 Å². The number of carboxylic acids is 1. The maximum absolute atomic E-state index is 12.8. The Bertz CT molecular complexity index is 1300. The number of hydrogen-bond donors (Lipinski definition) is 5. The standard InChI is InChI=1S/C25H24N4O7/c26-21(30)13-12-20(29-25(35)36-14-15-4-2-1-3-5-15)23(32)27-17-8-6-16(7-9-17)19-11-10-18(24(33)34)22(31)28-19/h1-11,20H,12-14H2,(H2,26,30)(H,27,32)(H,28,31)(H,29,35)(H,33,34)/t20-/m1/s1. The van der Waals surface area contributed by atoms with Gasteiger partial charge in [-0.15, -0.1) is 0 Å². The number of ether oxygens (including phenoxy) is 1. The molecule has 3 rings (SSSR count). The first kappa shape index (κ1) is 25.7. The van der Waals surface area contributed by atoms with Crippen LogP contribution >= 0.6 is 0 Å². The van der Waals surface area contributed by atoms with Crippen LogP contribution in [0.3, 0.4) is 0 Å². The van der Waals surface area contributed by atoms with Crippen LogP contribution in [0.25, 0.3) is 11.3 Å². The molecule has 0 spiro atoms. The molecule has 0 radical (unpaired) electrons. The average Bonchev–Trinajstić information content (AvgIpc) is 2.86. The first-order valence-electron chi connectivity index (χ1n) is 10.9. The van der Waals surface area contributed by atoms with Crippen LogP contribution in [-0.4, -0.2) is 40.0 Å². The number of anilines is 1. The zero-order valence-electron chi connectivity index (χ0n) is 19.0. The molecule has 0 bridgehead atoms. The van der Waals surface area contributed by atoms with E-state index in [1.807, 2.05) is 6.07 Å². The number of aromatic carboxylic acids is 1. The monoisotopic (exact) mass is 492 g/mol. The SMILES string of the molecule is NC(=O)CC[C@@H](NC(=O)OCc1ccccc1)C(=O)Nc1ccc(-c2ccc(C(=O)O)c(=O)[nH]2)cc1. The molecule has 0 aliphatic rings. The van der Waals surface area contributed by atoms with Crippen molar-refractivity contribution in [3.05, 3.63) is 88.2 Å². The number of rotatable bonds is 10. The van der Waals surface area contributed by atoms with E-state index < -0.39 is 35.5 Å². The first-order chi connectivity index (χ1) is 17.2. The Kier molecular flexibility index (Phi) is 8.54. The van der Waals surface area contributed by atoms with E-state index in [1.54, 1.807) is 48.5 Å². The molecule has 11 heteroatoms. The van der Waals surface area contributed by atoms with Crippen LogP contribution in [-0.2, 0) is 20.9 Å². The van der Waals surface area contributed by atoms with Crippen molar-refractivity contribution in [1.82, 2.24) is 10.3 Å². The van der Waals surface area contributed by atoms with E-state index in [1.165, 1.54) is 12.1 Å². The number of amides is 3. The second-order valence-corrected chi connectivity index (χ2v) is 7.75. The molecule has 0 aliphatic heterocycles. The van der Waals surface area contributed by atoms with Gasteiger partial charge in [0.1, 0.15) is 18.2 Å². The van der Waals surface area contributed by atoms with Crippen molar-refractivity contribution >= 4 is 29.6 Å². The molecule has 0 unspecified atom stereocenters. The number of pyridine rings is 1. The summed E-state index contributed by atoms with van der Waals surface area (Å²) >= 11 is 0. The number of nitrogens with two attached hydrogens (primary N) is 1. The second kappa shape index (κ2) is 12.0. The van der Waals surface area contributed by atoms with Crippen LogP contribution < -0.4 is 21.9 Å². The summed E-state index contributed by atoms with van der Waals surface area (Å²) < 4.78 is 5.15. The second-order valence-electron chi connectivity index (χ2n) is 7.75. The van der Waals surface area contributed by atoms with Gasteiger partial charge in [-0.05, 0) is 41.8 Å². The normalized spacial score (nSPS) is 11.2. The fourth-order valence-corrected chi connectivity index (χ4v) is 3.24. The van der Waals surface area contributed by atoms with Gasteiger partial charge >= 0.3 is 12.1 Å². The van der Waals surface area contributed by atoms with E-state index in [-0.39, 0.29) is 25.0 Å². The maximum Gasteiger partial charge on any atom is 0.408 e. The number of benzene rings is 2. The van der Waals surface area contributed by atoms with Crippen molar-refractivity contribution in [2.45, 2.75) is 25.5 Å². The van der Waals surface area contributed by atoms with Gasteiger partial charge in [0, 0.05) is 17.8 Å². The van der Waals surface area contributed by atoms with Crippen LogP contribution in [0.15, 0.2) is 71.5 Å². The largest absolute Gasteiger partial charge is 0.477 e. The van der Waals surface area contributed by atoms with Crippen LogP contribution in [0.5, 0.6) is 0 Å². The molecule has 1 heterocycles. The number of alkyl carbamates (subject to hydrolysis) is 1. The molecule has 186 valence electrons. The molecule has 3 amide bonds. The first-order valence-corrected chi connectivity index (χ1v) is 10.9. The fourth-order valence-electron chi connectivity index (χ4n) is 3.24.